The van der Waals surface area contributed by atoms with Crippen molar-refractivity contribution in [2.75, 3.05) is 33.4 Å². The van der Waals surface area contributed by atoms with E-state index in [1.165, 1.54) is 16.8 Å². The molecule has 7 nitrogen and oxygen atoms in total. The largest absolute Gasteiger partial charge is 0.383 e. The molecule has 2 rings (SSSR count). The predicted octanol–water partition coefficient (Wildman–Crippen LogP) is 0.141. The van der Waals surface area contributed by atoms with E-state index in [1.807, 2.05) is 6.92 Å². The van der Waals surface area contributed by atoms with E-state index in [0.717, 1.165) is 6.42 Å². The summed E-state index contributed by atoms with van der Waals surface area (Å²) < 4.78 is 11.7. The van der Waals surface area contributed by atoms with Crippen molar-refractivity contribution >= 4 is 5.91 Å². The van der Waals surface area contributed by atoms with Crippen molar-refractivity contribution in [3.63, 3.8) is 0 Å². The second kappa shape index (κ2) is 7.33. The van der Waals surface area contributed by atoms with E-state index >= 15 is 0 Å². The molecule has 0 aromatic carbocycles. The van der Waals surface area contributed by atoms with Crippen molar-refractivity contribution in [2.45, 2.75) is 26.0 Å². The Morgan fingerprint density at radius 1 is 1.52 bits per heavy atom. The molecule has 0 spiro atoms. The standard InChI is InChI=1S/C14H21N3O4/c1-3-11-10-16(6-9-21-11)14(19)12-4-5-13(18)17(15-12)7-8-20-2/h4-5,11H,3,6-10H2,1-2H3/t11-/m1/s1. The van der Waals surface area contributed by atoms with E-state index in [2.05, 4.69) is 5.10 Å². The molecule has 1 aromatic heterocycles. The molecule has 1 aliphatic rings. The smallest absolute Gasteiger partial charge is 0.274 e. The van der Waals surface area contributed by atoms with Crippen LogP contribution in [0, 0.1) is 0 Å². The maximum Gasteiger partial charge on any atom is 0.274 e. The number of amides is 1. The summed E-state index contributed by atoms with van der Waals surface area (Å²) >= 11 is 0. The zero-order valence-corrected chi connectivity index (χ0v) is 12.4. The van der Waals surface area contributed by atoms with Crippen LogP contribution in [0.4, 0.5) is 0 Å². The Labute approximate surface area is 123 Å². The van der Waals surface area contributed by atoms with Gasteiger partial charge < -0.3 is 14.4 Å². The first-order chi connectivity index (χ1) is 10.2. The summed E-state index contributed by atoms with van der Waals surface area (Å²) in [6, 6.07) is 2.85. The fourth-order valence-corrected chi connectivity index (χ4v) is 2.21. The summed E-state index contributed by atoms with van der Waals surface area (Å²) in [6.07, 6.45) is 0.937. The van der Waals surface area contributed by atoms with Crippen LogP contribution in [-0.2, 0) is 16.0 Å². The van der Waals surface area contributed by atoms with Gasteiger partial charge in [0, 0.05) is 26.3 Å². The molecule has 1 fully saturated rings. The molecule has 0 N–H and O–H groups in total. The Hall–Kier alpha value is -1.73. The van der Waals surface area contributed by atoms with E-state index < -0.39 is 0 Å². The summed E-state index contributed by atoms with van der Waals surface area (Å²) in [5.41, 5.74) is 0.0412. The van der Waals surface area contributed by atoms with Gasteiger partial charge in [-0.3, -0.25) is 9.59 Å². The van der Waals surface area contributed by atoms with Gasteiger partial charge in [0.15, 0.2) is 0 Å². The van der Waals surface area contributed by atoms with Crippen molar-refractivity contribution in [3.05, 3.63) is 28.2 Å². The summed E-state index contributed by atoms with van der Waals surface area (Å²) in [6.45, 7) is 4.38. The van der Waals surface area contributed by atoms with Crippen molar-refractivity contribution < 1.29 is 14.3 Å². The number of aromatic nitrogens is 2. The molecule has 0 radical (unpaired) electrons. The van der Waals surface area contributed by atoms with E-state index in [-0.39, 0.29) is 23.3 Å². The van der Waals surface area contributed by atoms with Crippen LogP contribution in [-0.4, -0.2) is 60.1 Å². The Morgan fingerprint density at radius 3 is 3.05 bits per heavy atom. The molecule has 0 bridgehead atoms. The maximum atomic E-state index is 12.5. The Kier molecular flexibility index (Phi) is 5.46. The topological polar surface area (TPSA) is 73.7 Å². The summed E-state index contributed by atoms with van der Waals surface area (Å²) in [5, 5.41) is 4.13. The van der Waals surface area contributed by atoms with Crippen LogP contribution in [0.5, 0.6) is 0 Å². The normalized spacial score (nSPS) is 18.8. The number of nitrogens with zero attached hydrogens (tertiary/aromatic N) is 3. The first-order valence-corrected chi connectivity index (χ1v) is 7.13. The minimum Gasteiger partial charge on any atom is -0.383 e. The molecular formula is C14H21N3O4. The van der Waals surface area contributed by atoms with E-state index in [9.17, 15) is 9.59 Å². The fraction of sp³-hybridized carbons (Fsp3) is 0.643. The second-order valence-electron chi connectivity index (χ2n) is 4.92. The lowest BCUT2D eigenvalue weighted by molar-refractivity contribution is -0.0229. The summed E-state index contributed by atoms with van der Waals surface area (Å²) in [5.74, 6) is -0.164. The molecule has 7 heteroatoms. The number of hydrogen-bond donors (Lipinski definition) is 0. The maximum absolute atomic E-state index is 12.5. The SMILES string of the molecule is CC[C@@H]1CN(C(=O)c2ccc(=O)n(CCOC)n2)CCO1. The van der Waals surface area contributed by atoms with Crippen molar-refractivity contribution in [3.8, 4) is 0 Å². The highest BCUT2D eigenvalue weighted by molar-refractivity contribution is 5.92. The zero-order chi connectivity index (χ0) is 15.2. The first-order valence-electron chi connectivity index (χ1n) is 7.13. The van der Waals surface area contributed by atoms with Crippen molar-refractivity contribution in [1.29, 1.82) is 0 Å². The van der Waals surface area contributed by atoms with Gasteiger partial charge >= 0.3 is 0 Å². The average Bonchev–Trinajstić information content (AvgIpc) is 2.53. The zero-order valence-electron chi connectivity index (χ0n) is 12.4. The highest BCUT2D eigenvalue weighted by Gasteiger charge is 2.25. The van der Waals surface area contributed by atoms with Crippen LogP contribution in [0.3, 0.4) is 0 Å². The summed E-state index contributed by atoms with van der Waals surface area (Å²) in [7, 11) is 1.55. The van der Waals surface area contributed by atoms with Gasteiger partial charge in [-0.05, 0) is 12.5 Å². The third-order valence-corrected chi connectivity index (χ3v) is 3.47. The van der Waals surface area contributed by atoms with Crippen LogP contribution in [0.25, 0.3) is 0 Å². The number of ether oxygens (including phenoxy) is 2. The number of carbonyl (C=O) groups excluding carboxylic acids is 1. The monoisotopic (exact) mass is 295 g/mol. The number of methoxy groups -OCH3 is 1. The van der Waals surface area contributed by atoms with Crippen LogP contribution in [0.2, 0.25) is 0 Å². The fourth-order valence-electron chi connectivity index (χ4n) is 2.21. The van der Waals surface area contributed by atoms with Crippen molar-refractivity contribution in [2.24, 2.45) is 0 Å². The van der Waals surface area contributed by atoms with E-state index in [1.54, 1.807) is 12.0 Å². The molecule has 1 atom stereocenters. The third kappa shape index (κ3) is 3.89. The minimum absolute atomic E-state index is 0.0714. The molecule has 0 unspecified atom stereocenters. The average molecular weight is 295 g/mol. The number of hydrogen-bond acceptors (Lipinski definition) is 5. The molecular weight excluding hydrogens is 274 g/mol. The lowest BCUT2D eigenvalue weighted by atomic mass is 10.2. The lowest BCUT2D eigenvalue weighted by Crippen LogP contribution is -2.46. The molecule has 1 amide bonds. The van der Waals surface area contributed by atoms with Crippen LogP contribution < -0.4 is 5.56 Å². The number of carbonyl (C=O) groups is 1. The van der Waals surface area contributed by atoms with Gasteiger partial charge in [-0.2, -0.15) is 5.10 Å². The summed E-state index contributed by atoms with van der Waals surface area (Å²) in [4.78, 5) is 25.9. The quantitative estimate of drug-likeness (QED) is 0.772. The van der Waals surface area contributed by atoms with Gasteiger partial charge in [0.05, 0.1) is 25.9 Å². The highest BCUT2D eigenvalue weighted by atomic mass is 16.5. The van der Waals surface area contributed by atoms with Crippen LogP contribution >= 0.6 is 0 Å². The Balaban J connectivity index is 2.13. The molecule has 1 aromatic rings. The van der Waals surface area contributed by atoms with Crippen LogP contribution in [0.1, 0.15) is 23.8 Å². The van der Waals surface area contributed by atoms with Gasteiger partial charge in [-0.25, -0.2) is 4.68 Å². The Bertz CT molecular complexity index is 543. The van der Waals surface area contributed by atoms with E-state index in [4.69, 9.17) is 9.47 Å². The molecule has 1 aliphatic heterocycles. The minimum atomic E-state index is -0.239. The molecule has 21 heavy (non-hydrogen) atoms. The van der Waals surface area contributed by atoms with Gasteiger partial charge in [0.1, 0.15) is 5.69 Å². The molecule has 1 saturated heterocycles. The van der Waals surface area contributed by atoms with Crippen molar-refractivity contribution in [1.82, 2.24) is 14.7 Å². The van der Waals surface area contributed by atoms with Gasteiger partial charge in [-0.1, -0.05) is 6.92 Å². The molecule has 0 saturated carbocycles. The highest BCUT2D eigenvalue weighted by Crippen LogP contribution is 2.10. The lowest BCUT2D eigenvalue weighted by Gasteiger charge is -2.32. The van der Waals surface area contributed by atoms with Gasteiger partial charge in [0.2, 0.25) is 0 Å². The van der Waals surface area contributed by atoms with Crippen LogP contribution in [0.15, 0.2) is 16.9 Å². The molecule has 0 aliphatic carbocycles. The second-order valence-corrected chi connectivity index (χ2v) is 4.92. The number of rotatable bonds is 5. The van der Waals surface area contributed by atoms with Gasteiger partial charge in [0.25, 0.3) is 11.5 Å². The Morgan fingerprint density at radius 2 is 2.33 bits per heavy atom. The third-order valence-electron chi connectivity index (χ3n) is 3.47. The molecule has 116 valence electrons. The predicted molar refractivity (Wildman–Crippen MR) is 76.3 cm³/mol. The van der Waals surface area contributed by atoms with Gasteiger partial charge in [-0.15, -0.1) is 0 Å². The molecule has 2 heterocycles. The first kappa shape index (κ1) is 15.7. The number of morpholine rings is 1. The van der Waals surface area contributed by atoms with E-state index in [0.29, 0.717) is 32.8 Å².